The first-order valence-corrected chi connectivity index (χ1v) is 7.70. The van der Waals surface area contributed by atoms with Crippen LogP contribution < -0.4 is 0 Å². The number of hydrogen-bond acceptors (Lipinski definition) is 3. The van der Waals surface area contributed by atoms with Gasteiger partial charge in [-0.3, -0.25) is 9.59 Å². The van der Waals surface area contributed by atoms with Crippen LogP contribution in [0.4, 0.5) is 0 Å². The van der Waals surface area contributed by atoms with E-state index >= 15 is 0 Å². The number of rotatable bonds is 3. The maximum absolute atomic E-state index is 12.3. The quantitative estimate of drug-likeness (QED) is 0.827. The lowest BCUT2D eigenvalue weighted by Gasteiger charge is -2.37. The number of carbonyl (C=O) groups excluding carboxylic acids is 2. The summed E-state index contributed by atoms with van der Waals surface area (Å²) in [6, 6.07) is 0.408. The van der Waals surface area contributed by atoms with Gasteiger partial charge in [-0.15, -0.1) is 0 Å². The third kappa shape index (κ3) is 2.94. The monoisotopic (exact) mass is 290 g/mol. The van der Waals surface area contributed by atoms with Gasteiger partial charge in [0.2, 0.25) is 11.8 Å². The predicted octanol–water partition coefficient (Wildman–Crippen LogP) is 0.805. The van der Waals surface area contributed by atoms with E-state index in [1.54, 1.807) is 17.3 Å². The molecule has 1 aliphatic carbocycles. The van der Waals surface area contributed by atoms with Gasteiger partial charge in [0.1, 0.15) is 12.4 Å². The van der Waals surface area contributed by atoms with Crippen molar-refractivity contribution in [3.63, 3.8) is 0 Å². The maximum atomic E-state index is 12.3. The molecule has 0 aromatic carbocycles. The minimum atomic E-state index is -0.00415. The van der Waals surface area contributed by atoms with Crippen molar-refractivity contribution in [1.29, 1.82) is 0 Å². The topological polar surface area (TPSA) is 58.4 Å². The Kier molecular flexibility index (Phi) is 3.94. The number of amides is 2. The summed E-state index contributed by atoms with van der Waals surface area (Å²) >= 11 is 0. The standard InChI is InChI=1S/C15H22N4O2/c1-12-16-6-7-17(12)10-14(20)18-8-9-19(15(21)11-18)13-4-2-3-5-13/h6-7,13H,2-5,8-11H2,1H3. The van der Waals surface area contributed by atoms with Crippen molar-refractivity contribution in [2.24, 2.45) is 0 Å². The van der Waals surface area contributed by atoms with E-state index < -0.39 is 0 Å². The molecule has 1 saturated heterocycles. The molecule has 6 nitrogen and oxygen atoms in total. The zero-order chi connectivity index (χ0) is 14.8. The number of nitrogens with zero attached hydrogens (tertiary/aromatic N) is 4. The summed E-state index contributed by atoms with van der Waals surface area (Å²) in [6.07, 6.45) is 8.16. The van der Waals surface area contributed by atoms with E-state index in [2.05, 4.69) is 4.98 Å². The summed E-state index contributed by atoms with van der Waals surface area (Å²) in [4.78, 5) is 32.3. The Morgan fingerprint density at radius 3 is 2.71 bits per heavy atom. The van der Waals surface area contributed by atoms with Crippen molar-refractivity contribution in [2.45, 2.75) is 45.2 Å². The average molecular weight is 290 g/mol. The number of carbonyl (C=O) groups is 2. The van der Waals surface area contributed by atoms with Gasteiger partial charge in [-0.05, 0) is 19.8 Å². The van der Waals surface area contributed by atoms with Crippen LogP contribution in [0.15, 0.2) is 12.4 Å². The van der Waals surface area contributed by atoms with Crippen LogP contribution in [0, 0.1) is 6.92 Å². The van der Waals surface area contributed by atoms with Crippen LogP contribution >= 0.6 is 0 Å². The normalized spacial score (nSPS) is 20.3. The average Bonchev–Trinajstić information content (AvgIpc) is 3.11. The molecule has 1 saturated carbocycles. The molecule has 0 N–H and O–H groups in total. The van der Waals surface area contributed by atoms with Crippen LogP contribution in [-0.2, 0) is 16.1 Å². The second-order valence-electron chi connectivity index (χ2n) is 5.94. The molecule has 0 bridgehead atoms. The predicted molar refractivity (Wildman–Crippen MR) is 77.5 cm³/mol. The minimum absolute atomic E-state index is 0.00415. The van der Waals surface area contributed by atoms with Crippen molar-refractivity contribution >= 4 is 11.8 Å². The molecule has 2 heterocycles. The van der Waals surface area contributed by atoms with Crippen molar-refractivity contribution in [3.05, 3.63) is 18.2 Å². The Morgan fingerprint density at radius 2 is 2.10 bits per heavy atom. The van der Waals surface area contributed by atoms with Crippen LogP contribution in [0.25, 0.3) is 0 Å². The fourth-order valence-electron chi connectivity index (χ4n) is 3.32. The van der Waals surface area contributed by atoms with Crippen LogP contribution in [0.2, 0.25) is 0 Å². The van der Waals surface area contributed by atoms with E-state index in [0.29, 0.717) is 19.1 Å². The third-order valence-corrected chi connectivity index (χ3v) is 4.60. The molecule has 1 aromatic rings. The highest BCUT2D eigenvalue weighted by molar-refractivity contribution is 5.86. The number of aromatic nitrogens is 2. The van der Waals surface area contributed by atoms with Gasteiger partial charge >= 0.3 is 0 Å². The van der Waals surface area contributed by atoms with Gasteiger partial charge in [0.15, 0.2) is 0 Å². The lowest BCUT2D eigenvalue weighted by atomic mass is 10.1. The molecule has 1 aliphatic heterocycles. The molecule has 2 aliphatic rings. The number of hydrogen-bond donors (Lipinski definition) is 0. The first-order chi connectivity index (χ1) is 10.1. The largest absolute Gasteiger partial charge is 0.336 e. The molecule has 2 amide bonds. The van der Waals surface area contributed by atoms with Gasteiger partial charge in [-0.1, -0.05) is 12.8 Å². The van der Waals surface area contributed by atoms with Gasteiger partial charge in [-0.25, -0.2) is 4.98 Å². The van der Waals surface area contributed by atoms with Crippen molar-refractivity contribution in [3.8, 4) is 0 Å². The van der Waals surface area contributed by atoms with Crippen molar-refractivity contribution < 1.29 is 9.59 Å². The van der Waals surface area contributed by atoms with Gasteiger partial charge in [0, 0.05) is 31.5 Å². The molecule has 2 fully saturated rings. The van der Waals surface area contributed by atoms with Gasteiger partial charge in [0.25, 0.3) is 0 Å². The summed E-state index contributed by atoms with van der Waals surface area (Å²) in [6.45, 7) is 3.69. The Bertz CT molecular complexity index is 534. The second kappa shape index (κ2) is 5.87. The summed E-state index contributed by atoms with van der Waals surface area (Å²) in [5.41, 5.74) is 0. The molecule has 0 radical (unpaired) electrons. The van der Waals surface area contributed by atoms with E-state index in [-0.39, 0.29) is 24.9 Å². The van der Waals surface area contributed by atoms with Gasteiger partial charge in [0.05, 0.1) is 6.54 Å². The lowest BCUT2D eigenvalue weighted by molar-refractivity contribution is -0.147. The molecule has 3 rings (SSSR count). The first-order valence-electron chi connectivity index (χ1n) is 7.70. The summed E-state index contributed by atoms with van der Waals surface area (Å²) in [5.74, 6) is 0.915. The Hall–Kier alpha value is -1.85. The van der Waals surface area contributed by atoms with Crippen LogP contribution in [0.1, 0.15) is 31.5 Å². The third-order valence-electron chi connectivity index (χ3n) is 4.60. The Labute approximate surface area is 124 Å². The molecule has 6 heteroatoms. The van der Waals surface area contributed by atoms with E-state index in [4.69, 9.17) is 0 Å². The molecule has 1 aromatic heterocycles. The summed E-state index contributed by atoms with van der Waals surface area (Å²) in [5, 5.41) is 0. The SMILES string of the molecule is Cc1nccn1CC(=O)N1CCN(C2CCCC2)C(=O)C1. The molecule has 0 spiro atoms. The zero-order valence-corrected chi connectivity index (χ0v) is 12.5. The first kappa shape index (κ1) is 14.1. The maximum Gasteiger partial charge on any atom is 0.243 e. The molecular formula is C15H22N4O2. The van der Waals surface area contributed by atoms with E-state index in [1.807, 2.05) is 16.4 Å². The smallest absolute Gasteiger partial charge is 0.243 e. The number of piperazine rings is 1. The van der Waals surface area contributed by atoms with Gasteiger partial charge in [-0.2, -0.15) is 0 Å². The summed E-state index contributed by atoms with van der Waals surface area (Å²) < 4.78 is 1.82. The van der Waals surface area contributed by atoms with E-state index in [0.717, 1.165) is 18.7 Å². The molecular weight excluding hydrogens is 268 g/mol. The second-order valence-corrected chi connectivity index (χ2v) is 5.94. The minimum Gasteiger partial charge on any atom is -0.336 e. The number of aryl methyl sites for hydroxylation is 1. The van der Waals surface area contributed by atoms with Crippen LogP contribution in [0.3, 0.4) is 0 Å². The number of imidazole rings is 1. The fourth-order valence-corrected chi connectivity index (χ4v) is 3.32. The highest BCUT2D eigenvalue weighted by Gasteiger charge is 2.32. The van der Waals surface area contributed by atoms with Crippen molar-refractivity contribution in [2.75, 3.05) is 19.6 Å². The highest BCUT2D eigenvalue weighted by atomic mass is 16.2. The Balaban J connectivity index is 1.57. The molecule has 21 heavy (non-hydrogen) atoms. The molecule has 0 atom stereocenters. The lowest BCUT2D eigenvalue weighted by Crippen LogP contribution is -2.55. The fraction of sp³-hybridized carbons (Fsp3) is 0.667. The molecule has 114 valence electrons. The van der Waals surface area contributed by atoms with Gasteiger partial charge < -0.3 is 14.4 Å². The van der Waals surface area contributed by atoms with Crippen LogP contribution in [-0.4, -0.2) is 56.8 Å². The summed E-state index contributed by atoms with van der Waals surface area (Å²) in [7, 11) is 0. The van der Waals surface area contributed by atoms with Crippen molar-refractivity contribution in [1.82, 2.24) is 19.4 Å². The van der Waals surface area contributed by atoms with Crippen LogP contribution in [0.5, 0.6) is 0 Å². The zero-order valence-electron chi connectivity index (χ0n) is 12.5. The van der Waals surface area contributed by atoms with E-state index in [1.165, 1.54) is 12.8 Å². The molecule has 0 unspecified atom stereocenters. The Morgan fingerprint density at radius 1 is 1.33 bits per heavy atom. The van der Waals surface area contributed by atoms with E-state index in [9.17, 15) is 9.59 Å². The highest BCUT2D eigenvalue weighted by Crippen LogP contribution is 2.24.